The van der Waals surface area contributed by atoms with Crippen molar-refractivity contribution in [1.82, 2.24) is 14.3 Å². The normalized spacial score (nSPS) is 11.7. The quantitative estimate of drug-likeness (QED) is 0.354. The number of hydrogen-bond acceptors (Lipinski definition) is 5. The number of nitrogens with two attached hydrogens (primary N) is 1. The molecule has 0 fully saturated rings. The summed E-state index contributed by atoms with van der Waals surface area (Å²) in [6.45, 7) is 5.75. The zero-order valence-electron chi connectivity index (χ0n) is 19.0. The Labute approximate surface area is 211 Å². The second kappa shape index (κ2) is 9.41. The average Bonchev–Trinajstić information content (AvgIpc) is 3.33. The number of nitrogens with zero attached hydrogens (tertiary/aromatic N) is 3. The molecule has 1 aromatic carbocycles. The minimum atomic E-state index is -0.696. The number of rotatable bonds is 5. The van der Waals surface area contributed by atoms with Crippen molar-refractivity contribution in [3.8, 4) is 11.3 Å². The van der Waals surface area contributed by atoms with Crippen LogP contribution in [0.3, 0.4) is 0 Å². The number of carbonyl (C=O) groups is 1. The maximum absolute atomic E-state index is 13.4. The molecule has 0 aliphatic carbocycles. The van der Waals surface area contributed by atoms with Gasteiger partial charge in [0.05, 0.1) is 27.8 Å². The van der Waals surface area contributed by atoms with Crippen LogP contribution in [0.4, 0.5) is 5.69 Å². The van der Waals surface area contributed by atoms with Crippen molar-refractivity contribution in [2.24, 2.45) is 5.41 Å². The molecule has 34 heavy (non-hydrogen) atoms. The predicted octanol–water partition coefficient (Wildman–Crippen LogP) is 5.99. The highest BCUT2D eigenvalue weighted by Crippen LogP contribution is 2.32. The first kappa shape index (κ1) is 24.3. The number of thiophene rings is 1. The third kappa shape index (κ3) is 4.82. The van der Waals surface area contributed by atoms with Crippen LogP contribution >= 0.6 is 34.5 Å². The molecule has 9 heteroatoms. The van der Waals surface area contributed by atoms with E-state index in [9.17, 15) is 9.59 Å². The van der Waals surface area contributed by atoms with Gasteiger partial charge in [0, 0.05) is 27.9 Å². The maximum Gasteiger partial charge on any atom is 0.260 e. The zero-order chi connectivity index (χ0) is 24.6. The van der Waals surface area contributed by atoms with Gasteiger partial charge in [-0.1, -0.05) is 62.2 Å². The number of anilines is 1. The van der Waals surface area contributed by atoms with Crippen molar-refractivity contribution >= 4 is 46.1 Å². The number of halogens is 2. The smallest absolute Gasteiger partial charge is 0.260 e. The van der Waals surface area contributed by atoms with Crippen molar-refractivity contribution in [2.45, 2.75) is 33.7 Å². The summed E-state index contributed by atoms with van der Waals surface area (Å²) >= 11 is 13.8. The molecule has 3 aromatic heterocycles. The molecule has 0 atom stereocenters. The van der Waals surface area contributed by atoms with Gasteiger partial charge in [-0.15, -0.1) is 11.3 Å². The lowest BCUT2D eigenvalue weighted by molar-refractivity contribution is 0.0745. The van der Waals surface area contributed by atoms with Gasteiger partial charge in [0.15, 0.2) is 0 Å². The number of benzene rings is 1. The van der Waals surface area contributed by atoms with Gasteiger partial charge in [-0.3, -0.25) is 9.59 Å². The summed E-state index contributed by atoms with van der Waals surface area (Å²) in [5.74, 6) is -0.213. The molecule has 0 unspecified atom stereocenters. The van der Waals surface area contributed by atoms with Gasteiger partial charge in [0.1, 0.15) is 5.69 Å². The molecule has 6 nitrogen and oxygen atoms in total. The molecule has 3 heterocycles. The third-order valence-corrected chi connectivity index (χ3v) is 7.00. The predicted molar refractivity (Wildman–Crippen MR) is 139 cm³/mol. The molecule has 0 amide bonds. The SMILES string of the molecule is CC(C)(C)C(=O)n1nc(-c2cccn(Cc3ccccc3Cl)c2=O)c(N)c1Cc1ccc(Cl)s1. The molecule has 0 spiro atoms. The first-order chi connectivity index (χ1) is 16.1. The lowest BCUT2D eigenvalue weighted by Crippen LogP contribution is -2.29. The molecule has 4 rings (SSSR count). The first-order valence-electron chi connectivity index (χ1n) is 10.7. The van der Waals surface area contributed by atoms with Gasteiger partial charge in [-0.25, -0.2) is 4.68 Å². The molecular weight excluding hydrogens is 491 g/mol. The lowest BCUT2D eigenvalue weighted by atomic mass is 9.95. The Hall–Kier alpha value is -2.87. The fourth-order valence-corrected chi connectivity index (χ4v) is 4.87. The van der Waals surface area contributed by atoms with E-state index in [0.29, 0.717) is 39.3 Å². The summed E-state index contributed by atoms with van der Waals surface area (Å²) in [4.78, 5) is 27.6. The largest absolute Gasteiger partial charge is 0.395 e. The lowest BCUT2D eigenvalue weighted by Gasteiger charge is -2.17. The van der Waals surface area contributed by atoms with E-state index >= 15 is 0 Å². The molecule has 0 saturated heterocycles. The van der Waals surface area contributed by atoms with Gasteiger partial charge in [0.2, 0.25) is 0 Å². The summed E-state index contributed by atoms with van der Waals surface area (Å²) < 4.78 is 3.54. The van der Waals surface area contributed by atoms with E-state index in [-0.39, 0.29) is 17.2 Å². The molecular formula is C25H24Cl2N4O2S. The van der Waals surface area contributed by atoms with Crippen LogP contribution in [0.1, 0.15) is 41.7 Å². The number of hydrogen-bond donors (Lipinski definition) is 1. The van der Waals surface area contributed by atoms with Crippen molar-refractivity contribution in [1.29, 1.82) is 0 Å². The Morgan fingerprint density at radius 3 is 2.47 bits per heavy atom. The molecule has 4 aromatic rings. The molecule has 0 saturated carbocycles. The van der Waals surface area contributed by atoms with Crippen LogP contribution in [-0.2, 0) is 13.0 Å². The van der Waals surface area contributed by atoms with E-state index in [1.165, 1.54) is 16.0 Å². The maximum atomic E-state index is 13.4. The second-order valence-corrected chi connectivity index (χ2v) is 11.2. The Morgan fingerprint density at radius 1 is 1.09 bits per heavy atom. The molecule has 0 bridgehead atoms. The average molecular weight is 515 g/mol. The molecule has 2 N–H and O–H groups in total. The monoisotopic (exact) mass is 514 g/mol. The van der Waals surface area contributed by atoms with Crippen molar-refractivity contribution in [3.63, 3.8) is 0 Å². The fourth-order valence-electron chi connectivity index (χ4n) is 3.58. The molecule has 0 aliphatic heterocycles. The van der Waals surface area contributed by atoms with Crippen LogP contribution < -0.4 is 11.3 Å². The summed E-state index contributed by atoms with van der Waals surface area (Å²) in [5.41, 5.74) is 7.83. The number of carbonyl (C=O) groups excluding carboxylic acids is 1. The van der Waals surface area contributed by atoms with Crippen LogP contribution in [0.15, 0.2) is 59.5 Å². The number of aromatic nitrogens is 3. The van der Waals surface area contributed by atoms with Crippen molar-refractivity contribution < 1.29 is 4.79 Å². The highest BCUT2D eigenvalue weighted by atomic mass is 35.5. The van der Waals surface area contributed by atoms with Crippen molar-refractivity contribution in [2.75, 3.05) is 5.73 Å². The third-order valence-electron chi connectivity index (χ3n) is 5.40. The van der Waals surface area contributed by atoms with Crippen LogP contribution in [0.25, 0.3) is 11.3 Å². The van der Waals surface area contributed by atoms with E-state index in [1.807, 2.05) is 45.0 Å². The Bertz CT molecular complexity index is 1430. The zero-order valence-corrected chi connectivity index (χ0v) is 21.3. The molecule has 0 aliphatic rings. The summed E-state index contributed by atoms with van der Waals surface area (Å²) in [5, 5.41) is 5.13. The number of pyridine rings is 1. The number of nitrogen functional groups attached to an aromatic ring is 1. The summed E-state index contributed by atoms with van der Waals surface area (Å²) in [7, 11) is 0. The van der Waals surface area contributed by atoms with E-state index in [1.54, 1.807) is 35.0 Å². The Balaban J connectivity index is 1.82. The summed E-state index contributed by atoms with van der Waals surface area (Å²) in [6, 6.07) is 14.5. The highest BCUT2D eigenvalue weighted by molar-refractivity contribution is 7.16. The van der Waals surface area contributed by atoms with Gasteiger partial charge in [-0.2, -0.15) is 5.10 Å². The highest BCUT2D eigenvalue weighted by Gasteiger charge is 2.30. The van der Waals surface area contributed by atoms with E-state index in [4.69, 9.17) is 28.9 Å². The fraction of sp³-hybridized carbons (Fsp3) is 0.240. The van der Waals surface area contributed by atoms with Crippen LogP contribution in [0, 0.1) is 5.41 Å². The minimum absolute atomic E-state index is 0.213. The summed E-state index contributed by atoms with van der Waals surface area (Å²) in [6.07, 6.45) is 2.07. The van der Waals surface area contributed by atoms with Crippen molar-refractivity contribution in [3.05, 3.63) is 90.6 Å². The Kier molecular flexibility index (Phi) is 6.71. The topological polar surface area (TPSA) is 82.9 Å². The van der Waals surface area contributed by atoms with E-state index in [0.717, 1.165) is 10.4 Å². The second-order valence-electron chi connectivity index (χ2n) is 9.00. The van der Waals surface area contributed by atoms with Crippen LogP contribution in [0.5, 0.6) is 0 Å². The van der Waals surface area contributed by atoms with Gasteiger partial charge in [0.25, 0.3) is 11.5 Å². The molecule has 0 radical (unpaired) electrons. The Morgan fingerprint density at radius 2 is 1.82 bits per heavy atom. The van der Waals surface area contributed by atoms with Gasteiger partial charge >= 0.3 is 0 Å². The van der Waals surface area contributed by atoms with Gasteiger partial charge in [-0.05, 0) is 35.9 Å². The van der Waals surface area contributed by atoms with Gasteiger partial charge < -0.3 is 10.3 Å². The first-order valence-corrected chi connectivity index (χ1v) is 12.2. The van der Waals surface area contributed by atoms with Crippen LogP contribution in [-0.4, -0.2) is 20.3 Å². The van der Waals surface area contributed by atoms with E-state index in [2.05, 4.69) is 5.10 Å². The van der Waals surface area contributed by atoms with Crippen LogP contribution in [0.2, 0.25) is 9.36 Å². The standard InChI is InChI=1S/C25H24Cl2N4O2S/c1-25(2,3)24(33)31-19(13-16-10-11-20(27)34-16)21(28)22(29-31)17-8-6-12-30(23(17)32)14-15-7-4-5-9-18(15)26/h4-12H,13-14,28H2,1-3H3. The minimum Gasteiger partial charge on any atom is -0.395 e. The molecule has 176 valence electrons. The van der Waals surface area contributed by atoms with E-state index < -0.39 is 5.41 Å².